The van der Waals surface area contributed by atoms with Gasteiger partial charge in [-0.1, -0.05) is 62.8 Å². The highest BCUT2D eigenvalue weighted by atomic mass is 35.5. The molecule has 0 spiro atoms. The second kappa shape index (κ2) is 14.1. The highest BCUT2D eigenvalue weighted by molar-refractivity contribution is 6.30. The number of ether oxygens (including phenoxy) is 1. The first kappa shape index (κ1) is 27.9. The summed E-state index contributed by atoms with van der Waals surface area (Å²) in [4.78, 5) is 33.8. The number of para-hydroxylation sites is 1. The van der Waals surface area contributed by atoms with Crippen molar-refractivity contribution in [2.75, 3.05) is 20.3 Å². The molecule has 0 radical (unpaired) electrons. The molecule has 36 heavy (non-hydrogen) atoms. The minimum atomic E-state index is -0.401. The van der Waals surface area contributed by atoms with Crippen molar-refractivity contribution in [3.8, 4) is 5.69 Å². The number of unbranched alkanes of at least 4 members (excludes halogenated alkanes) is 5. The molecule has 0 aliphatic carbocycles. The molecule has 3 aromatic rings. The summed E-state index contributed by atoms with van der Waals surface area (Å²) < 4.78 is 6.87. The third kappa shape index (κ3) is 7.17. The van der Waals surface area contributed by atoms with Crippen molar-refractivity contribution in [2.24, 2.45) is 0 Å². The van der Waals surface area contributed by atoms with Gasteiger partial charge in [-0.05, 0) is 56.2 Å². The van der Waals surface area contributed by atoms with Gasteiger partial charge in [-0.15, -0.1) is 0 Å². The van der Waals surface area contributed by atoms with Crippen LogP contribution < -0.4 is 5.56 Å². The maximum atomic E-state index is 13.7. The molecule has 2 aromatic carbocycles. The van der Waals surface area contributed by atoms with Crippen molar-refractivity contribution in [3.05, 3.63) is 69.7 Å². The summed E-state index contributed by atoms with van der Waals surface area (Å²) in [7, 11) is 1.66. The van der Waals surface area contributed by atoms with Crippen LogP contribution >= 0.6 is 11.6 Å². The molecule has 0 saturated carbocycles. The van der Waals surface area contributed by atoms with E-state index in [1.165, 1.54) is 19.3 Å². The highest BCUT2D eigenvalue weighted by Gasteiger charge is 2.26. The minimum Gasteiger partial charge on any atom is -0.385 e. The summed E-state index contributed by atoms with van der Waals surface area (Å²) in [5.74, 6) is 0.619. The number of hydrogen-bond acceptors (Lipinski definition) is 4. The van der Waals surface area contributed by atoms with Crippen LogP contribution in [0.15, 0.2) is 53.3 Å². The second-order valence-electron chi connectivity index (χ2n) is 9.23. The third-order valence-corrected chi connectivity index (χ3v) is 6.79. The van der Waals surface area contributed by atoms with Gasteiger partial charge in [0.25, 0.3) is 5.56 Å². The Bertz CT molecular complexity index is 1180. The van der Waals surface area contributed by atoms with Crippen LogP contribution in [0.5, 0.6) is 0 Å². The monoisotopic (exact) mass is 511 g/mol. The van der Waals surface area contributed by atoms with Crippen LogP contribution in [0.25, 0.3) is 16.6 Å². The van der Waals surface area contributed by atoms with E-state index in [0.29, 0.717) is 53.4 Å². The SMILES string of the molecule is CCCCCCCCC(=O)N(CCCOC)C(C)c1nc2ccccc2c(=O)n1-c1ccc(Cl)cc1. The molecule has 0 N–H and O–H groups in total. The lowest BCUT2D eigenvalue weighted by Crippen LogP contribution is -2.38. The van der Waals surface area contributed by atoms with Crippen LogP contribution in [0.2, 0.25) is 5.02 Å². The number of halogens is 1. The lowest BCUT2D eigenvalue weighted by Gasteiger charge is -2.31. The maximum absolute atomic E-state index is 13.7. The van der Waals surface area contributed by atoms with Gasteiger partial charge >= 0.3 is 0 Å². The summed E-state index contributed by atoms with van der Waals surface area (Å²) in [5.41, 5.74) is 1.13. The van der Waals surface area contributed by atoms with E-state index in [1.807, 2.05) is 42.2 Å². The summed E-state index contributed by atoms with van der Waals surface area (Å²) in [6.07, 6.45) is 7.93. The smallest absolute Gasteiger partial charge is 0.266 e. The fourth-order valence-corrected chi connectivity index (χ4v) is 4.65. The molecule has 194 valence electrons. The molecule has 1 atom stereocenters. The lowest BCUT2D eigenvalue weighted by atomic mass is 10.1. The molecular formula is C29H38ClN3O3. The van der Waals surface area contributed by atoms with Gasteiger partial charge < -0.3 is 9.64 Å². The maximum Gasteiger partial charge on any atom is 0.266 e. The second-order valence-corrected chi connectivity index (χ2v) is 9.67. The predicted octanol–water partition coefficient (Wildman–Crippen LogP) is 6.72. The van der Waals surface area contributed by atoms with Crippen LogP contribution in [0.3, 0.4) is 0 Å². The Balaban J connectivity index is 1.96. The molecular weight excluding hydrogens is 474 g/mol. The number of rotatable bonds is 14. The quantitative estimate of drug-likeness (QED) is 0.225. The van der Waals surface area contributed by atoms with Crippen LogP contribution in [-0.4, -0.2) is 40.6 Å². The van der Waals surface area contributed by atoms with Gasteiger partial charge in [-0.3, -0.25) is 14.2 Å². The molecule has 7 heteroatoms. The van der Waals surface area contributed by atoms with Crippen molar-refractivity contribution >= 4 is 28.4 Å². The normalized spacial score (nSPS) is 12.1. The van der Waals surface area contributed by atoms with E-state index in [0.717, 1.165) is 19.3 Å². The van der Waals surface area contributed by atoms with E-state index in [-0.39, 0.29) is 11.5 Å². The van der Waals surface area contributed by atoms with Crippen molar-refractivity contribution < 1.29 is 9.53 Å². The molecule has 0 aliphatic rings. The average molecular weight is 512 g/mol. The number of methoxy groups -OCH3 is 1. The first-order valence-electron chi connectivity index (χ1n) is 13.0. The van der Waals surface area contributed by atoms with Crippen LogP contribution in [0, 0.1) is 0 Å². The van der Waals surface area contributed by atoms with E-state index in [4.69, 9.17) is 21.3 Å². The Kier molecular flexibility index (Phi) is 11.0. The molecule has 0 fully saturated rings. The zero-order chi connectivity index (χ0) is 25.9. The van der Waals surface area contributed by atoms with Crippen LogP contribution in [0.1, 0.15) is 77.1 Å². The fraction of sp³-hybridized carbons (Fsp3) is 0.483. The Labute approximate surface area is 219 Å². The summed E-state index contributed by atoms with van der Waals surface area (Å²) in [6.45, 7) is 5.25. The van der Waals surface area contributed by atoms with Crippen LogP contribution in [-0.2, 0) is 9.53 Å². The van der Waals surface area contributed by atoms with Crippen molar-refractivity contribution in [2.45, 2.75) is 71.3 Å². The van der Waals surface area contributed by atoms with Crippen molar-refractivity contribution in [1.29, 1.82) is 0 Å². The molecule has 3 rings (SSSR count). The van der Waals surface area contributed by atoms with Gasteiger partial charge in [0, 0.05) is 31.7 Å². The third-order valence-electron chi connectivity index (χ3n) is 6.54. The minimum absolute atomic E-state index is 0.0826. The molecule has 1 heterocycles. The Morgan fingerprint density at radius 1 is 1.03 bits per heavy atom. The standard InChI is InChI=1S/C29H38ClN3O3/c1-4-5-6-7-8-9-15-27(34)32(20-12-21-36-3)22(2)28-31-26-14-11-10-13-25(26)29(35)33(28)24-18-16-23(30)17-19-24/h10-11,13-14,16-19,22H,4-9,12,15,20-21H2,1-3H3. The van der Waals surface area contributed by atoms with Gasteiger partial charge in [-0.25, -0.2) is 4.98 Å². The molecule has 0 aliphatic heterocycles. The average Bonchev–Trinajstić information content (AvgIpc) is 2.89. The number of hydrogen-bond donors (Lipinski definition) is 0. The summed E-state index contributed by atoms with van der Waals surface area (Å²) in [5, 5.41) is 1.12. The largest absolute Gasteiger partial charge is 0.385 e. The molecule has 1 aromatic heterocycles. The number of benzene rings is 2. The van der Waals surface area contributed by atoms with Gasteiger partial charge in [0.2, 0.25) is 5.91 Å². The Hall–Kier alpha value is -2.70. The van der Waals surface area contributed by atoms with Gasteiger partial charge in [-0.2, -0.15) is 0 Å². The first-order valence-corrected chi connectivity index (χ1v) is 13.4. The number of aromatic nitrogens is 2. The molecule has 1 unspecified atom stereocenters. The Morgan fingerprint density at radius 2 is 1.72 bits per heavy atom. The number of fused-ring (bicyclic) bond motifs is 1. The van der Waals surface area contributed by atoms with E-state index >= 15 is 0 Å². The molecule has 0 saturated heterocycles. The van der Waals surface area contributed by atoms with Gasteiger partial charge in [0.15, 0.2) is 0 Å². The lowest BCUT2D eigenvalue weighted by molar-refractivity contribution is -0.134. The number of nitrogens with zero attached hydrogens (tertiary/aromatic N) is 3. The van der Waals surface area contributed by atoms with Crippen molar-refractivity contribution in [3.63, 3.8) is 0 Å². The van der Waals surface area contributed by atoms with Crippen LogP contribution in [0.4, 0.5) is 0 Å². The van der Waals surface area contributed by atoms with Crippen molar-refractivity contribution in [1.82, 2.24) is 14.5 Å². The highest BCUT2D eigenvalue weighted by Crippen LogP contribution is 2.25. The van der Waals surface area contributed by atoms with Gasteiger partial charge in [0.05, 0.1) is 22.6 Å². The van der Waals surface area contributed by atoms with Gasteiger partial charge in [0.1, 0.15) is 5.82 Å². The topological polar surface area (TPSA) is 64.4 Å². The fourth-order valence-electron chi connectivity index (χ4n) is 4.52. The zero-order valence-corrected chi connectivity index (χ0v) is 22.5. The van der Waals surface area contributed by atoms with E-state index < -0.39 is 6.04 Å². The number of carbonyl (C=O) groups excluding carboxylic acids is 1. The zero-order valence-electron chi connectivity index (χ0n) is 21.7. The number of carbonyl (C=O) groups is 1. The molecule has 6 nitrogen and oxygen atoms in total. The van der Waals surface area contributed by atoms with E-state index in [2.05, 4.69) is 6.92 Å². The van der Waals surface area contributed by atoms with E-state index in [9.17, 15) is 9.59 Å². The Morgan fingerprint density at radius 3 is 2.44 bits per heavy atom. The van der Waals surface area contributed by atoms with E-state index in [1.54, 1.807) is 29.9 Å². The summed E-state index contributed by atoms with van der Waals surface area (Å²) >= 11 is 6.12. The molecule has 1 amide bonds. The predicted molar refractivity (Wildman–Crippen MR) is 147 cm³/mol. The number of amides is 1. The molecule has 0 bridgehead atoms. The summed E-state index contributed by atoms with van der Waals surface area (Å²) in [6, 6.07) is 14.1. The first-order chi connectivity index (χ1) is 17.5.